The van der Waals surface area contributed by atoms with Crippen molar-refractivity contribution in [2.45, 2.75) is 38.1 Å². The zero-order valence-electron chi connectivity index (χ0n) is 18.1. The Kier molecular flexibility index (Phi) is 5.84. The largest absolute Gasteiger partial charge is 0.497 e. The fraction of sp³-hybridized carbons (Fsp3) is 0.458. The first-order valence-electron chi connectivity index (χ1n) is 11.3. The third-order valence-corrected chi connectivity index (χ3v) is 6.43. The summed E-state index contributed by atoms with van der Waals surface area (Å²) in [6.07, 6.45) is 8.57. The van der Waals surface area contributed by atoms with Gasteiger partial charge < -0.3 is 9.64 Å². The summed E-state index contributed by atoms with van der Waals surface area (Å²) < 4.78 is 5.39. The molecule has 2 fully saturated rings. The Labute approximate surface area is 183 Å². The van der Waals surface area contributed by atoms with Crippen LogP contribution in [-0.2, 0) is 6.54 Å². The van der Waals surface area contributed by atoms with E-state index in [4.69, 9.17) is 9.72 Å². The minimum absolute atomic E-state index is 0.419. The summed E-state index contributed by atoms with van der Waals surface area (Å²) in [5.74, 6) is 2.17. The molecule has 5 rings (SSSR count). The van der Waals surface area contributed by atoms with Crippen LogP contribution in [-0.4, -0.2) is 58.4 Å². The first-order chi connectivity index (χ1) is 15.3. The van der Waals surface area contributed by atoms with Gasteiger partial charge in [0.1, 0.15) is 5.75 Å². The fourth-order valence-electron chi connectivity index (χ4n) is 4.84. The number of likely N-dealkylation sites (tertiary alicyclic amines) is 1. The first kappa shape index (κ1) is 20.0. The van der Waals surface area contributed by atoms with E-state index < -0.39 is 0 Å². The maximum Gasteiger partial charge on any atom is 0.225 e. The van der Waals surface area contributed by atoms with Gasteiger partial charge in [0, 0.05) is 49.6 Å². The molecule has 4 heterocycles. The lowest BCUT2D eigenvalue weighted by Crippen LogP contribution is -2.34. The molecule has 7 heteroatoms. The molecule has 0 amide bonds. The van der Waals surface area contributed by atoms with E-state index in [1.54, 1.807) is 7.11 Å². The van der Waals surface area contributed by atoms with E-state index in [9.17, 15) is 0 Å². The van der Waals surface area contributed by atoms with Crippen LogP contribution in [0.3, 0.4) is 0 Å². The number of aromatic nitrogens is 4. The average molecular weight is 419 g/mol. The minimum Gasteiger partial charge on any atom is -0.497 e. The number of ether oxygens (including phenoxy) is 1. The fourth-order valence-corrected chi connectivity index (χ4v) is 4.84. The summed E-state index contributed by atoms with van der Waals surface area (Å²) in [5.41, 5.74) is 4.55. The summed E-state index contributed by atoms with van der Waals surface area (Å²) in [5, 5.41) is 7.69. The van der Waals surface area contributed by atoms with Crippen molar-refractivity contribution in [2.24, 2.45) is 0 Å². The highest BCUT2D eigenvalue weighted by Crippen LogP contribution is 2.33. The number of hydrogen-bond acceptors (Lipinski definition) is 6. The van der Waals surface area contributed by atoms with Crippen LogP contribution >= 0.6 is 0 Å². The standard InChI is InChI=1S/C24H30N6O/c1-31-20-8-4-6-18(14-20)16-29-11-5-7-19(17-29)23-21(15-26-28-23)22-9-10-25-24(27-22)30-12-2-3-13-30/h4,6,8-10,14-15,19H,2-3,5,7,11-13,16-17H2,1H3,(H,26,28)/t19-/m1/s1. The van der Waals surface area contributed by atoms with Gasteiger partial charge in [-0.3, -0.25) is 10.00 Å². The summed E-state index contributed by atoms with van der Waals surface area (Å²) in [6.45, 7) is 5.15. The molecule has 0 radical (unpaired) electrons. The molecule has 2 saturated heterocycles. The van der Waals surface area contributed by atoms with E-state index in [0.717, 1.165) is 62.1 Å². The van der Waals surface area contributed by atoms with Crippen LogP contribution in [0.5, 0.6) is 5.75 Å². The molecule has 162 valence electrons. The Morgan fingerprint density at radius 3 is 2.90 bits per heavy atom. The van der Waals surface area contributed by atoms with E-state index in [2.05, 4.69) is 43.2 Å². The molecule has 3 aromatic rings. The highest BCUT2D eigenvalue weighted by Gasteiger charge is 2.26. The van der Waals surface area contributed by atoms with Crippen LogP contribution in [0.25, 0.3) is 11.3 Å². The predicted molar refractivity (Wildman–Crippen MR) is 121 cm³/mol. The Hall–Kier alpha value is -2.93. The van der Waals surface area contributed by atoms with Crippen molar-refractivity contribution in [3.63, 3.8) is 0 Å². The molecular weight excluding hydrogens is 388 g/mol. The molecule has 1 atom stereocenters. The van der Waals surface area contributed by atoms with Crippen LogP contribution in [0, 0.1) is 0 Å². The van der Waals surface area contributed by atoms with Gasteiger partial charge in [-0.15, -0.1) is 0 Å². The van der Waals surface area contributed by atoms with Gasteiger partial charge in [0.25, 0.3) is 0 Å². The summed E-state index contributed by atoms with van der Waals surface area (Å²) in [6, 6.07) is 10.4. The number of H-pyrrole nitrogens is 1. The molecule has 0 unspecified atom stereocenters. The number of piperidine rings is 1. The molecule has 2 aromatic heterocycles. The molecule has 0 aliphatic carbocycles. The Balaban J connectivity index is 1.33. The summed E-state index contributed by atoms with van der Waals surface area (Å²) in [7, 11) is 1.72. The molecule has 0 bridgehead atoms. The van der Waals surface area contributed by atoms with E-state index >= 15 is 0 Å². The first-order valence-corrected chi connectivity index (χ1v) is 11.3. The van der Waals surface area contributed by atoms with E-state index in [-0.39, 0.29) is 0 Å². The quantitative estimate of drug-likeness (QED) is 0.656. The average Bonchev–Trinajstić information content (AvgIpc) is 3.52. The molecule has 1 aromatic carbocycles. The van der Waals surface area contributed by atoms with Gasteiger partial charge in [0.2, 0.25) is 5.95 Å². The second-order valence-corrected chi connectivity index (χ2v) is 8.56. The predicted octanol–water partition coefficient (Wildman–Crippen LogP) is 3.86. The van der Waals surface area contributed by atoms with E-state index in [1.807, 2.05) is 24.5 Å². The summed E-state index contributed by atoms with van der Waals surface area (Å²) in [4.78, 5) is 14.2. The lowest BCUT2D eigenvalue weighted by Gasteiger charge is -2.32. The van der Waals surface area contributed by atoms with Gasteiger partial charge >= 0.3 is 0 Å². The van der Waals surface area contributed by atoms with Crippen molar-refractivity contribution >= 4 is 5.95 Å². The van der Waals surface area contributed by atoms with Crippen molar-refractivity contribution in [3.8, 4) is 17.0 Å². The van der Waals surface area contributed by atoms with Gasteiger partial charge in [0.15, 0.2) is 0 Å². The second kappa shape index (κ2) is 9.06. The lowest BCUT2D eigenvalue weighted by molar-refractivity contribution is 0.198. The van der Waals surface area contributed by atoms with Crippen molar-refractivity contribution in [1.82, 2.24) is 25.1 Å². The van der Waals surface area contributed by atoms with Crippen LogP contribution < -0.4 is 9.64 Å². The third kappa shape index (κ3) is 4.42. The monoisotopic (exact) mass is 418 g/mol. The normalized spacial score (nSPS) is 19.6. The maximum atomic E-state index is 5.39. The smallest absolute Gasteiger partial charge is 0.225 e. The van der Waals surface area contributed by atoms with Crippen LogP contribution in [0.4, 0.5) is 5.95 Å². The topological polar surface area (TPSA) is 70.2 Å². The number of hydrogen-bond donors (Lipinski definition) is 1. The molecule has 2 aliphatic heterocycles. The Bertz CT molecular complexity index is 1010. The Morgan fingerprint density at radius 2 is 2.03 bits per heavy atom. The van der Waals surface area contributed by atoms with Crippen LogP contribution in [0.15, 0.2) is 42.7 Å². The third-order valence-electron chi connectivity index (χ3n) is 6.43. The van der Waals surface area contributed by atoms with E-state index in [0.29, 0.717) is 5.92 Å². The zero-order chi connectivity index (χ0) is 21.0. The van der Waals surface area contributed by atoms with Crippen molar-refractivity contribution in [3.05, 3.63) is 54.0 Å². The number of methoxy groups -OCH3 is 1. The number of anilines is 1. The van der Waals surface area contributed by atoms with E-state index in [1.165, 1.54) is 30.5 Å². The van der Waals surface area contributed by atoms with Crippen molar-refractivity contribution in [1.29, 1.82) is 0 Å². The molecule has 7 nitrogen and oxygen atoms in total. The second-order valence-electron chi connectivity index (χ2n) is 8.56. The lowest BCUT2D eigenvalue weighted by atomic mass is 9.91. The van der Waals surface area contributed by atoms with Crippen LogP contribution in [0.2, 0.25) is 0 Å². The highest BCUT2D eigenvalue weighted by atomic mass is 16.5. The number of aromatic amines is 1. The summed E-state index contributed by atoms with van der Waals surface area (Å²) >= 11 is 0. The van der Waals surface area contributed by atoms with Crippen molar-refractivity contribution in [2.75, 3.05) is 38.2 Å². The number of rotatable bonds is 6. The number of nitrogens with zero attached hydrogens (tertiary/aromatic N) is 5. The van der Waals surface area contributed by atoms with Crippen LogP contribution in [0.1, 0.15) is 42.9 Å². The van der Waals surface area contributed by atoms with Gasteiger partial charge in [-0.1, -0.05) is 12.1 Å². The maximum absolute atomic E-state index is 5.39. The number of benzene rings is 1. The molecule has 0 spiro atoms. The molecule has 0 saturated carbocycles. The zero-order valence-corrected chi connectivity index (χ0v) is 18.1. The molecular formula is C24H30N6O. The van der Waals surface area contributed by atoms with Gasteiger partial charge in [-0.2, -0.15) is 5.10 Å². The van der Waals surface area contributed by atoms with Crippen molar-refractivity contribution < 1.29 is 4.74 Å². The molecule has 2 aliphatic rings. The Morgan fingerprint density at radius 1 is 1.13 bits per heavy atom. The van der Waals surface area contributed by atoms with Gasteiger partial charge in [-0.25, -0.2) is 9.97 Å². The van der Waals surface area contributed by atoms with Gasteiger partial charge in [0.05, 0.1) is 19.0 Å². The molecule has 31 heavy (non-hydrogen) atoms. The highest BCUT2D eigenvalue weighted by molar-refractivity contribution is 5.63. The van der Waals surface area contributed by atoms with Gasteiger partial charge in [-0.05, 0) is 56.0 Å². The molecule has 1 N–H and O–H groups in total. The SMILES string of the molecule is COc1cccc(CN2CCC[C@@H](c3[nH]ncc3-c3ccnc(N4CCCC4)n3)C2)c1. The number of nitrogens with one attached hydrogen (secondary N) is 1. The minimum atomic E-state index is 0.419.